The molecule has 0 N–H and O–H groups in total. The van der Waals surface area contributed by atoms with Crippen LogP contribution in [0, 0.1) is 0 Å². The second kappa shape index (κ2) is 7.88. The molecule has 1 aliphatic rings. The van der Waals surface area contributed by atoms with Gasteiger partial charge in [0.25, 0.3) is 0 Å². The molecular weight excluding hydrogens is 268 g/mol. The topological polar surface area (TPSA) is 42.0 Å². The first-order chi connectivity index (χ1) is 10.2. The van der Waals surface area contributed by atoms with E-state index in [1.165, 1.54) is 5.69 Å². The van der Waals surface area contributed by atoms with E-state index in [0.717, 1.165) is 38.5 Å². The Morgan fingerprint density at radius 1 is 1.14 bits per heavy atom. The highest BCUT2D eigenvalue weighted by Gasteiger charge is 2.17. The third kappa shape index (κ3) is 4.63. The van der Waals surface area contributed by atoms with E-state index in [-0.39, 0.29) is 5.97 Å². The maximum absolute atomic E-state index is 11.4. The molecule has 1 saturated heterocycles. The molecule has 0 radical (unpaired) electrons. The van der Waals surface area contributed by atoms with E-state index >= 15 is 0 Å². The Morgan fingerprint density at radius 3 is 2.38 bits per heavy atom. The highest BCUT2D eigenvalue weighted by Crippen LogP contribution is 2.20. The van der Waals surface area contributed by atoms with Crippen LogP contribution in [0.15, 0.2) is 24.3 Å². The molecule has 0 atom stereocenters. The van der Waals surface area contributed by atoms with Crippen LogP contribution in [0.2, 0.25) is 0 Å². The molecule has 116 valence electrons. The van der Waals surface area contributed by atoms with Crippen molar-refractivity contribution in [2.45, 2.75) is 13.3 Å². The molecule has 1 aromatic carbocycles. The largest absolute Gasteiger partial charge is 0.497 e. The van der Waals surface area contributed by atoms with Crippen molar-refractivity contribution < 1.29 is 14.3 Å². The number of hydrogen-bond acceptors (Lipinski definition) is 5. The highest BCUT2D eigenvalue weighted by atomic mass is 16.5. The van der Waals surface area contributed by atoms with Crippen LogP contribution in [0.1, 0.15) is 13.3 Å². The maximum Gasteiger partial charge on any atom is 0.307 e. The first-order valence-corrected chi connectivity index (χ1v) is 7.50. The first-order valence-electron chi connectivity index (χ1n) is 7.50. The van der Waals surface area contributed by atoms with E-state index in [9.17, 15) is 4.79 Å². The fraction of sp³-hybridized carbons (Fsp3) is 0.562. The van der Waals surface area contributed by atoms with Crippen LogP contribution in [-0.4, -0.2) is 57.3 Å². The van der Waals surface area contributed by atoms with Crippen LogP contribution in [0.5, 0.6) is 5.75 Å². The van der Waals surface area contributed by atoms with Gasteiger partial charge in [-0.1, -0.05) is 0 Å². The van der Waals surface area contributed by atoms with Gasteiger partial charge < -0.3 is 14.4 Å². The molecule has 0 amide bonds. The Kier molecular flexibility index (Phi) is 5.87. The van der Waals surface area contributed by atoms with Crippen LogP contribution in [0.3, 0.4) is 0 Å². The number of methoxy groups -OCH3 is 1. The van der Waals surface area contributed by atoms with Crippen LogP contribution < -0.4 is 9.64 Å². The zero-order valence-corrected chi connectivity index (χ0v) is 12.9. The lowest BCUT2D eigenvalue weighted by atomic mass is 10.2. The van der Waals surface area contributed by atoms with Crippen molar-refractivity contribution in [3.63, 3.8) is 0 Å². The van der Waals surface area contributed by atoms with E-state index in [1.54, 1.807) is 7.11 Å². The van der Waals surface area contributed by atoms with Gasteiger partial charge >= 0.3 is 5.97 Å². The molecule has 21 heavy (non-hydrogen) atoms. The molecule has 0 aromatic heterocycles. The van der Waals surface area contributed by atoms with Crippen molar-refractivity contribution in [3.8, 4) is 5.75 Å². The summed E-state index contributed by atoms with van der Waals surface area (Å²) in [6.45, 7) is 7.01. The number of carbonyl (C=O) groups excluding carboxylic acids is 1. The van der Waals surface area contributed by atoms with Gasteiger partial charge in [0.05, 0.1) is 20.1 Å². The number of nitrogens with zero attached hydrogens (tertiary/aromatic N) is 2. The van der Waals surface area contributed by atoms with Crippen molar-refractivity contribution in [1.82, 2.24) is 4.90 Å². The van der Waals surface area contributed by atoms with Gasteiger partial charge in [-0.25, -0.2) is 0 Å². The third-order valence-corrected chi connectivity index (χ3v) is 3.75. The van der Waals surface area contributed by atoms with Gasteiger partial charge in [-0.3, -0.25) is 9.69 Å². The Balaban J connectivity index is 1.76. The second-order valence-corrected chi connectivity index (χ2v) is 5.08. The lowest BCUT2D eigenvalue weighted by Crippen LogP contribution is -2.47. The molecule has 0 bridgehead atoms. The zero-order chi connectivity index (χ0) is 15.1. The van der Waals surface area contributed by atoms with Crippen LogP contribution in [-0.2, 0) is 9.53 Å². The summed E-state index contributed by atoms with van der Waals surface area (Å²) in [5.74, 6) is 0.780. The Bertz CT molecular complexity index is 439. The number of anilines is 1. The summed E-state index contributed by atoms with van der Waals surface area (Å²) in [5.41, 5.74) is 1.22. The molecule has 1 fully saturated rings. The Hall–Kier alpha value is -1.75. The summed E-state index contributed by atoms with van der Waals surface area (Å²) in [4.78, 5) is 16.0. The molecular formula is C16H24N2O3. The van der Waals surface area contributed by atoms with E-state index in [0.29, 0.717) is 13.0 Å². The lowest BCUT2D eigenvalue weighted by molar-refractivity contribution is -0.143. The van der Waals surface area contributed by atoms with E-state index in [2.05, 4.69) is 21.9 Å². The minimum Gasteiger partial charge on any atom is -0.497 e. The fourth-order valence-electron chi connectivity index (χ4n) is 2.51. The summed E-state index contributed by atoms with van der Waals surface area (Å²) in [6, 6.07) is 8.16. The van der Waals surface area contributed by atoms with E-state index in [1.807, 2.05) is 19.1 Å². The van der Waals surface area contributed by atoms with E-state index in [4.69, 9.17) is 9.47 Å². The van der Waals surface area contributed by atoms with Gasteiger partial charge in [0.1, 0.15) is 5.75 Å². The van der Waals surface area contributed by atoms with Crippen molar-refractivity contribution in [3.05, 3.63) is 24.3 Å². The van der Waals surface area contributed by atoms with Gasteiger partial charge in [0.2, 0.25) is 0 Å². The smallest absolute Gasteiger partial charge is 0.307 e. The van der Waals surface area contributed by atoms with Crippen molar-refractivity contribution in [2.75, 3.05) is 51.3 Å². The number of piperazine rings is 1. The van der Waals surface area contributed by atoms with Gasteiger partial charge in [-0.05, 0) is 31.2 Å². The quantitative estimate of drug-likeness (QED) is 0.748. The maximum atomic E-state index is 11.4. The number of esters is 1. The average molecular weight is 292 g/mol. The number of benzene rings is 1. The second-order valence-electron chi connectivity index (χ2n) is 5.08. The normalized spacial score (nSPS) is 15.8. The van der Waals surface area contributed by atoms with Gasteiger partial charge in [-0.15, -0.1) is 0 Å². The molecule has 0 unspecified atom stereocenters. The number of hydrogen-bond donors (Lipinski definition) is 0. The predicted octanol–water partition coefficient (Wildman–Crippen LogP) is 1.77. The standard InChI is InChI=1S/C16H24N2O3/c1-3-21-16(19)8-9-17-10-12-18(13-11-17)14-4-6-15(20-2)7-5-14/h4-7H,3,8-13H2,1-2H3. The van der Waals surface area contributed by atoms with Crippen LogP contribution >= 0.6 is 0 Å². The summed E-state index contributed by atoms with van der Waals surface area (Å²) in [5, 5.41) is 0. The molecule has 1 heterocycles. The molecule has 1 aromatic rings. The predicted molar refractivity (Wildman–Crippen MR) is 82.9 cm³/mol. The Labute approximate surface area is 126 Å². The molecule has 2 rings (SSSR count). The van der Waals surface area contributed by atoms with Crippen molar-refractivity contribution in [1.29, 1.82) is 0 Å². The molecule has 0 spiro atoms. The molecule has 0 aliphatic carbocycles. The third-order valence-electron chi connectivity index (χ3n) is 3.75. The monoisotopic (exact) mass is 292 g/mol. The molecule has 0 saturated carbocycles. The van der Waals surface area contributed by atoms with Gasteiger partial charge in [0, 0.05) is 38.4 Å². The average Bonchev–Trinajstić information content (AvgIpc) is 2.54. The summed E-state index contributed by atoms with van der Waals surface area (Å²) >= 11 is 0. The van der Waals surface area contributed by atoms with E-state index < -0.39 is 0 Å². The number of rotatable bonds is 6. The number of ether oxygens (including phenoxy) is 2. The Morgan fingerprint density at radius 2 is 1.81 bits per heavy atom. The SMILES string of the molecule is CCOC(=O)CCN1CCN(c2ccc(OC)cc2)CC1. The van der Waals surface area contributed by atoms with Crippen LogP contribution in [0.4, 0.5) is 5.69 Å². The summed E-state index contributed by atoms with van der Waals surface area (Å²) < 4.78 is 10.1. The van der Waals surface area contributed by atoms with Gasteiger partial charge in [-0.2, -0.15) is 0 Å². The van der Waals surface area contributed by atoms with Crippen LogP contribution in [0.25, 0.3) is 0 Å². The lowest BCUT2D eigenvalue weighted by Gasteiger charge is -2.36. The minimum atomic E-state index is -0.102. The molecule has 5 nitrogen and oxygen atoms in total. The minimum absolute atomic E-state index is 0.102. The fourth-order valence-corrected chi connectivity index (χ4v) is 2.51. The first kappa shape index (κ1) is 15.6. The van der Waals surface area contributed by atoms with Gasteiger partial charge in [0.15, 0.2) is 0 Å². The molecule has 1 aliphatic heterocycles. The molecule has 5 heteroatoms. The van der Waals surface area contributed by atoms with Crippen molar-refractivity contribution in [2.24, 2.45) is 0 Å². The summed E-state index contributed by atoms with van der Waals surface area (Å²) in [7, 11) is 1.68. The zero-order valence-electron chi connectivity index (χ0n) is 12.9. The number of carbonyl (C=O) groups is 1. The van der Waals surface area contributed by atoms with Crippen molar-refractivity contribution >= 4 is 11.7 Å². The summed E-state index contributed by atoms with van der Waals surface area (Å²) in [6.07, 6.45) is 0.483. The highest BCUT2D eigenvalue weighted by molar-refractivity contribution is 5.69.